The fourth-order valence-corrected chi connectivity index (χ4v) is 2.71. The van der Waals surface area contributed by atoms with Crippen molar-refractivity contribution < 1.29 is 13.2 Å². The van der Waals surface area contributed by atoms with Crippen LogP contribution < -0.4 is 5.73 Å². The number of hydrogen-bond donors (Lipinski definition) is 4. The third-order valence-corrected chi connectivity index (χ3v) is 4.20. The maximum atomic E-state index is 12.8. The summed E-state index contributed by atoms with van der Waals surface area (Å²) in [5.41, 5.74) is 6.92. The molecule has 0 spiro atoms. The topological polar surface area (TPSA) is 107 Å². The highest BCUT2D eigenvalue weighted by Gasteiger charge is 2.36. The van der Waals surface area contributed by atoms with E-state index in [-0.39, 0.29) is 27.3 Å². The molecule has 0 bridgehead atoms. The summed E-state index contributed by atoms with van der Waals surface area (Å²) in [6.45, 7) is 0. The van der Waals surface area contributed by atoms with Gasteiger partial charge in [0.05, 0.1) is 21.3 Å². The zero-order valence-corrected chi connectivity index (χ0v) is 13.7. The minimum atomic E-state index is -4.67. The summed E-state index contributed by atoms with van der Waals surface area (Å²) >= 11 is 12.1. The van der Waals surface area contributed by atoms with Gasteiger partial charge in [0.15, 0.2) is 5.82 Å². The van der Waals surface area contributed by atoms with E-state index in [9.17, 15) is 13.2 Å². The summed E-state index contributed by atoms with van der Waals surface area (Å²) in [6, 6.07) is 3.14. The van der Waals surface area contributed by atoms with Crippen LogP contribution in [0.1, 0.15) is 11.4 Å². The standard InChI is InChI=1S/C14H9Cl2F3N6/c15-6-2-1-5-8(7(21)3-4-20)11(22-10(5)9(6)16)12-23-13(25-24-12)14(17,18)19/h1-4,20,22H,21H2,(H,23,24,25)/b7-3-,20-4?. The molecule has 6 nitrogen and oxygen atoms in total. The van der Waals surface area contributed by atoms with Gasteiger partial charge in [-0.15, -0.1) is 0 Å². The molecule has 0 saturated heterocycles. The molecule has 0 aliphatic heterocycles. The normalized spacial score (nSPS) is 12.8. The second-order valence-corrected chi connectivity index (χ2v) is 5.74. The molecule has 0 atom stereocenters. The zero-order chi connectivity index (χ0) is 18.4. The minimum absolute atomic E-state index is 0.126. The number of rotatable bonds is 3. The highest BCUT2D eigenvalue weighted by Crippen LogP contribution is 2.38. The maximum Gasteiger partial charge on any atom is 0.451 e. The van der Waals surface area contributed by atoms with Crippen molar-refractivity contribution in [3.05, 3.63) is 39.6 Å². The van der Waals surface area contributed by atoms with Crippen molar-refractivity contribution in [1.82, 2.24) is 20.2 Å². The van der Waals surface area contributed by atoms with Crippen LogP contribution in [0.15, 0.2) is 18.2 Å². The van der Waals surface area contributed by atoms with E-state index in [4.69, 9.17) is 34.3 Å². The molecule has 0 amide bonds. The molecular weight excluding hydrogens is 380 g/mol. The number of allylic oxidation sites excluding steroid dienone is 1. The van der Waals surface area contributed by atoms with Crippen molar-refractivity contribution in [3.8, 4) is 11.5 Å². The lowest BCUT2D eigenvalue weighted by Gasteiger charge is -2.02. The average molecular weight is 389 g/mol. The van der Waals surface area contributed by atoms with E-state index < -0.39 is 12.0 Å². The lowest BCUT2D eigenvalue weighted by atomic mass is 10.1. The molecular formula is C14H9Cl2F3N6. The van der Waals surface area contributed by atoms with Gasteiger partial charge in [-0.1, -0.05) is 29.3 Å². The van der Waals surface area contributed by atoms with Crippen LogP contribution in [0.2, 0.25) is 10.0 Å². The Morgan fingerprint density at radius 3 is 2.60 bits per heavy atom. The number of halogens is 5. The SMILES string of the molecule is N=C/C=C(\N)c1c(-c2n[nH]c(C(F)(F)F)n2)[nH]c2c(Cl)c(Cl)ccc12. The van der Waals surface area contributed by atoms with Crippen LogP contribution in [0, 0.1) is 5.41 Å². The van der Waals surface area contributed by atoms with Crippen LogP contribution in [0.25, 0.3) is 28.1 Å². The molecule has 1 aromatic carbocycles. The first-order valence-corrected chi connectivity index (χ1v) is 7.46. The Morgan fingerprint density at radius 1 is 1.28 bits per heavy atom. The molecule has 25 heavy (non-hydrogen) atoms. The number of nitrogens with two attached hydrogens (primary N) is 1. The molecule has 0 saturated carbocycles. The number of benzene rings is 1. The number of nitrogens with one attached hydrogen (secondary N) is 3. The number of H-pyrrole nitrogens is 2. The van der Waals surface area contributed by atoms with E-state index in [1.54, 1.807) is 6.07 Å². The molecule has 0 fully saturated rings. The Kier molecular flexibility index (Phi) is 4.21. The zero-order valence-electron chi connectivity index (χ0n) is 12.2. The number of hydrogen-bond acceptors (Lipinski definition) is 4. The number of aromatic amines is 2. The summed E-state index contributed by atoms with van der Waals surface area (Å²) < 4.78 is 38.3. The Bertz CT molecular complexity index is 1000. The van der Waals surface area contributed by atoms with Crippen LogP contribution >= 0.6 is 23.2 Å². The van der Waals surface area contributed by atoms with Gasteiger partial charge in [-0.2, -0.15) is 18.3 Å². The third-order valence-electron chi connectivity index (χ3n) is 3.39. The molecule has 11 heteroatoms. The molecule has 0 aliphatic carbocycles. The van der Waals surface area contributed by atoms with E-state index in [1.807, 2.05) is 5.10 Å². The van der Waals surface area contributed by atoms with Gasteiger partial charge in [-0.05, 0) is 12.1 Å². The van der Waals surface area contributed by atoms with Gasteiger partial charge in [0.25, 0.3) is 0 Å². The molecule has 0 radical (unpaired) electrons. The first-order chi connectivity index (χ1) is 11.7. The molecule has 0 aliphatic rings. The van der Waals surface area contributed by atoms with Crippen LogP contribution in [0.3, 0.4) is 0 Å². The van der Waals surface area contributed by atoms with Gasteiger partial charge in [-0.3, -0.25) is 5.10 Å². The van der Waals surface area contributed by atoms with E-state index in [2.05, 4.69) is 15.1 Å². The lowest BCUT2D eigenvalue weighted by molar-refractivity contribution is -0.144. The first kappa shape index (κ1) is 17.3. The Balaban J connectivity index is 2.32. The molecule has 3 rings (SSSR count). The molecule has 0 unspecified atom stereocenters. The molecule has 2 aromatic heterocycles. The molecule has 5 N–H and O–H groups in total. The molecule has 130 valence electrons. The second kappa shape index (κ2) is 6.08. The predicted octanol–water partition coefficient (Wildman–Crippen LogP) is 4.23. The van der Waals surface area contributed by atoms with E-state index in [0.29, 0.717) is 16.5 Å². The minimum Gasteiger partial charge on any atom is -0.398 e. The van der Waals surface area contributed by atoms with Crippen molar-refractivity contribution in [1.29, 1.82) is 5.41 Å². The summed E-state index contributed by atoms with van der Waals surface area (Å²) in [7, 11) is 0. The number of fused-ring (bicyclic) bond motifs is 1. The van der Waals surface area contributed by atoms with Crippen molar-refractivity contribution >= 4 is 46.0 Å². The summed E-state index contributed by atoms with van der Waals surface area (Å²) in [5, 5.41) is 13.6. The average Bonchev–Trinajstić information content (AvgIpc) is 3.15. The number of alkyl halides is 3. The fraction of sp³-hybridized carbons (Fsp3) is 0.0714. The monoisotopic (exact) mass is 388 g/mol. The van der Waals surface area contributed by atoms with Gasteiger partial charge in [-0.25, -0.2) is 4.98 Å². The van der Waals surface area contributed by atoms with Gasteiger partial charge < -0.3 is 16.1 Å². The van der Waals surface area contributed by atoms with Crippen LogP contribution in [-0.4, -0.2) is 26.4 Å². The van der Waals surface area contributed by atoms with E-state index in [0.717, 1.165) is 6.21 Å². The van der Waals surface area contributed by atoms with Crippen molar-refractivity contribution in [2.24, 2.45) is 5.73 Å². The summed E-state index contributed by atoms with van der Waals surface area (Å²) in [5.74, 6) is -1.49. The first-order valence-electron chi connectivity index (χ1n) is 6.70. The van der Waals surface area contributed by atoms with Crippen LogP contribution in [0.5, 0.6) is 0 Å². The van der Waals surface area contributed by atoms with E-state index >= 15 is 0 Å². The van der Waals surface area contributed by atoms with Gasteiger partial charge >= 0.3 is 6.18 Å². The largest absolute Gasteiger partial charge is 0.451 e. The second-order valence-electron chi connectivity index (χ2n) is 4.95. The van der Waals surface area contributed by atoms with Gasteiger partial charge in [0, 0.05) is 22.9 Å². The van der Waals surface area contributed by atoms with Crippen LogP contribution in [-0.2, 0) is 6.18 Å². The quantitative estimate of drug-likeness (QED) is 0.504. The summed E-state index contributed by atoms with van der Waals surface area (Å²) in [6.07, 6.45) is -2.44. The Hall–Kier alpha value is -2.52. The molecule has 2 heterocycles. The van der Waals surface area contributed by atoms with E-state index in [1.165, 1.54) is 12.1 Å². The van der Waals surface area contributed by atoms with Crippen molar-refractivity contribution in [2.75, 3.05) is 0 Å². The van der Waals surface area contributed by atoms with Crippen LogP contribution in [0.4, 0.5) is 13.2 Å². The fourth-order valence-electron chi connectivity index (χ4n) is 2.34. The lowest BCUT2D eigenvalue weighted by Crippen LogP contribution is -2.07. The third kappa shape index (κ3) is 2.96. The number of aromatic nitrogens is 4. The highest BCUT2D eigenvalue weighted by molar-refractivity contribution is 6.45. The molecule has 3 aromatic rings. The smallest absolute Gasteiger partial charge is 0.398 e. The Morgan fingerprint density at radius 2 is 2.00 bits per heavy atom. The van der Waals surface area contributed by atoms with Crippen molar-refractivity contribution in [3.63, 3.8) is 0 Å². The summed E-state index contributed by atoms with van der Waals surface area (Å²) in [4.78, 5) is 6.33. The van der Waals surface area contributed by atoms with Gasteiger partial charge in [0.1, 0.15) is 0 Å². The van der Waals surface area contributed by atoms with Crippen molar-refractivity contribution in [2.45, 2.75) is 6.18 Å². The predicted molar refractivity (Wildman–Crippen MR) is 89.6 cm³/mol. The number of nitrogens with zero attached hydrogens (tertiary/aromatic N) is 2. The maximum absolute atomic E-state index is 12.8. The van der Waals surface area contributed by atoms with Gasteiger partial charge in [0.2, 0.25) is 5.82 Å². The highest BCUT2D eigenvalue weighted by atomic mass is 35.5. The Labute approximate surface area is 148 Å².